The molecule has 1 atom stereocenters. The van der Waals surface area contributed by atoms with Crippen molar-refractivity contribution in [2.24, 2.45) is 5.92 Å². The number of rotatable bonds is 5. The van der Waals surface area contributed by atoms with Gasteiger partial charge in [-0.25, -0.2) is 0 Å². The SMILES string of the molecule is CC(=O)c1cc(CN2CCC[C@@H](C(=O)c3sccc3C)C2)cs1. The molecular weight excluding hydrogens is 326 g/mol. The molecule has 0 N–H and O–H groups in total. The third kappa shape index (κ3) is 3.79. The summed E-state index contributed by atoms with van der Waals surface area (Å²) in [6.07, 6.45) is 2.04. The molecular formula is C18H21NO2S2. The van der Waals surface area contributed by atoms with Crippen LogP contribution in [0, 0.1) is 12.8 Å². The number of carbonyl (C=O) groups excluding carboxylic acids is 2. The van der Waals surface area contributed by atoms with Crippen LogP contribution in [0.1, 0.15) is 50.2 Å². The Morgan fingerprint density at radius 1 is 1.35 bits per heavy atom. The molecule has 0 unspecified atom stereocenters. The van der Waals surface area contributed by atoms with Gasteiger partial charge in [-0.3, -0.25) is 14.5 Å². The van der Waals surface area contributed by atoms with Gasteiger partial charge in [0.05, 0.1) is 9.75 Å². The number of piperidine rings is 1. The zero-order valence-corrected chi connectivity index (χ0v) is 15.1. The maximum absolute atomic E-state index is 12.7. The molecule has 0 amide bonds. The Morgan fingerprint density at radius 3 is 2.83 bits per heavy atom. The largest absolute Gasteiger partial charge is 0.298 e. The molecule has 5 heteroatoms. The maximum atomic E-state index is 12.7. The van der Waals surface area contributed by atoms with E-state index in [0.717, 1.165) is 47.8 Å². The highest BCUT2D eigenvalue weighted by Crippen LogP contribution is 2.27. The van der Waals surface area contributed by atoms with Gasteiger partial charge in [-0.1, -0.05) is 0 Å². The summed E-state index contributed by atoms with van der Waals surface area (Å²) in [5.74, 6) is 0.532. The van der Waals surface area contributed by atoms with Gasteiger partial charge in [0.25, 0.3) is 0 Å². The van der Waals surface area contributed by atoms with Crippen molar-refractivity contribution in [2.45, 2.75) is 33.2 Å². The molecule has 0 radical (unpaired) electrons. The summed E-state index contributed by atoms with van der Waals surface area (Å²) in [5, 5.41) is 4.06. The summed E-state index contributed by atoms with van der Waals surface area (Å²) in [4.78, 5) is 28.2. The zero-order chi connectivity index (χ0) is 16.4. The Kier molecular flexibility index (Phi) is 5.09. The van der Waals surface area contributed by atoms with Crippen LogP contribution in [-0.4, -0.2) is 29.6 Å². The first-order valence-electron chi connectivity index (χ1n) is 7.93. The van der Waals surface area contributed by atoms with Gasteiger partial charge >= 0.3 is 0 Å². The van der Waals surface area contributed by atoms with Gasteiger partial charge in [-0.2, -0.15) is 0 Å². The summed E-state index contributed by atoms with van der Waals surface area (Å²) < 4.78 is 0. The summed E-state index contributed by atoms with van der Waals surface area (Å²) in [6, 6.07) is 4.01. The fraction of sp³-hybridized carbons (Fsp3) is 0.444. The van der Waals surface area contributed by atoms with E-state index in [1.165, 1.54) is 16.9 Å². The van der Waals surface area contributed by atoms with E-state index in [9.17, 15) is 9.59 Å². The standard InChI is InChI=1S/C18H21NO2S2/c1-12-5-7-22-18(12)17(21)15-4-3-6-19(10-15)9-14-8-16(13(2)20)23-11-14/h5,7-8,11,15H,3-4,6,9-10H2,1-2H3/t15-/m1/s1. The molecule has 3 heterocycles. The minimum Gasteiger partial charge on any atom is -0.298 e. The van der Waals surface area contributed by atoms with E-state index in [1.807, 2.05) is 24.4 Å². The Hall–Kier alpha value is -1.30. The number of nitrogens with zero attached hydrogens (tertiary/aromatic N) is 1. The Labute approximate surface area is 144 Å². The molecule has 1 aliphatic rings. The molecule has 2 aromatic heterocycles. The first kappa shape index (κ1) is 16.6. The van der Waals surface area contributed by atoms with E-state index >= 15 is 0 Å². The van der Waals surface area contributed by atoms with Crippen LogP contribution in [0.25, 0.3) is 0 Å². The number of ketones is 2. The van der Waals surface area contributed by atoms with Crippen molar-refractivity contribution in [3.05, 3.63) is 43.8 Å². The lowest BCUT2D eigenvalue weighted by molar-refractivity contribution is 0.0815. The molecule has 0 aromatic carbocycles. The molecule has 0 spiro atoms. The van der Waals surface area contributed by atoms with Crippen molar-refractivity contribution < 1.29 is 9.59 Å². The second kappa shape index (κ2) is 7.07. The van der Waals surface area contributed by atoms with E-state index in [1.54, 1.807) is 18.3 Å². The van der Waals surface area contributed by atoms with Gasteiger partial charge in [0.1, 0.15) is 0 Å². The Bertz CT molecular complexity index is 716. The fourth-order valence-corrected chi connectivity index (χ4v) is 4.88. The average molecular weight is 348 g/mol. The number of likely N-dealkylation sites (tertiary alicyclic amines) is 1. The van der Waals surface area contributed by atoms with E-state index < -0.39 is 0 Å². The number of Topliss-reactive ketones (excluding diaryl/α,β-unsaturated/α-hetero) is 2. The smallest absolute Gasteiger partial charge is 0.177 e. The van der Waals surface area contributed by atoms with Gasteiger partial charge in [-0.05, 0) is 67.3 Å². The van der Waals surface area contributed by atoms with Crippen molar-refractivity contribution in [2.75, 3.05) is 13.1 Å². The first-order valence-corrected chi connectivity index (χ1v) is 9.69. The van der Waals surface area contributed by atoms with E-state index in [-0.39, 0.29) is 11.7 Å². The molecule has 2 aromatic rings. The summed E-state index contributed by atoms with van der Waals surface area (Å²) in [5.41, 5.74) is 2.28. The molecule has 3 nitrogen and oxygen atoms in total. The summed E-state index contributed by atoms with van der Waals surface area (Å²) in [6.45, 7) is 6.30. The van der Waals surface area contributed by atoms with Crippen molar-refractivity contribution in [3.63, 3.8) is 0 Å². The van der Waals surface area contributed by atoms with Crippen molar-refractivity contribution in [1.29, 1.82) is 0 Å². The molecule has 1 fully saturated rings. The van der Waals surface area contributed by atoms with Gasteiger partial charge in [0.2, 0.25) is 0 Å². The van der Waals surface area contributed by atoms with Crippen LogP contribution in [0.2, 0.25) is 0 Å². The van der Waals surface area contributed by atoms with Gasteiger partial charge in [0, 0.05) is 19.0 Å². The van der Waals surface area contributed by atoms with Gasteiger partial charge in [-0.15, -0.1) is 22.7 Å². The number of aryl methyl sites for hydroxylation is 1. The number of thiophene rings is 2. The molecule has 3 rings (SSSR count). The van der Waals surface area contributed by atoms with Crippen LogP contribution in [0.3, 0.4) is 0 Å². The zero-order valence-electron chi connectivity index (χ0n) is 13.5. The lowest BCUT2D eigenvalue weighted by Gasteiger charge is -2.31. The van der Waals surface area contributed by atoms with E-state index in [4.69, 9.17) is 0 Å². The highest BCUT2D eigenvalue weighted by molar-refractivity contribution is 7.12. The van der Waals surface area contributed by atoms with E-state index in [2.05, 4.69) is 10.3 Å². The predicted octanol–water partition coefficient (Wildman–Crippen LogP) is 4.42. The van der Waals surface area contributed by atoms with Crippen molar-refractivity contribution >= 4 is 34.2 Å². The molecule has 0 aliphatic carbocycles. The predicted molar refractivity (Wildman–Crippen MR) is 95.7 cm³/mol. The number of hydrogen-bond acceptors (Lipinski definition) is 5. The third-order valence-electron chi connectivity index (χ3n) is 4.37. The molecule has 0 saturated carbocycles. The Balaban J connectivity index is 1.65. The summed E-state index contributed by atoms with van der Waals surface area (Å²) >= 11 is 3.07. The molecule has 122 valence electrons. The van der Waals surface area contributed by atoms with Crippen LogP contribution >= 0.6 is 22.7 Å². The average Bonchev–Trinajstić information content (AvgIpc) is 3.16. The third-order valence-corrected chi connectivity index (χ3v) is 6.48. The Morgan fingerprint density at radius 2 is 2.17 bits per heavy atom. The van der Waals surface area contributed by atoms with Crippen LogP contribution in [0.4, 0.5) is 0 Å². The molecule has 0 bridgehead atoms. The highest BCUT2D eigenvalue weighted by atomic mass is 32.1. The normalized spacial score (nSPS) is 19.0. The van der Waals surface area contributed by atoms with Gasteiger partial charge in [0.15, 0.2) is 11.6 Å². The molecule has 23 heavy (non-hydrogen) atoms. The van der Waals surface area contributed by atoms with Crippen LogP contribution < -0.4 is 0 Å². The monoisotopic (exact) mass is 347 g/mol. The lowest BCUT2D eigenvalue weighted by atomic mass is 9.92. The number of hydrogen-bond donors (Lipinski definition) is 0. The lowest BCUT2D eigenvalue weighted by Crippen LogP contribution is -2.38. The second-order valence-electron chi connectivity index (χ2n) is 6.25. The minimum atomic E-state index is 0.104. The fourth-order valence-electron chi connectivity index (χ4n) is 3.13. The molecule has 1 aliphatic heterocycles. The second-order valence-corrected chi connectivity index (χ2v) is 8.07. The maximum Gasteiger partial charge on any atom is 0.177 e. The minimum absolute atomic E-state index is 0.104. The van der Waals surface area contributed by atoms with Crippen LogP contribution in [-0.2, 0) is 6.54 Å². The molecule has 1 saturated heterocycles. The van der Waals surface area contributed by atoms with Crippen LogP contribution in [0.15, 0.2) is 22.9 Å². The number of carbonyl (C=O) groups is 2. The van der Waals surface area contributed by atoms with Crippen molar-refractivity contribution in [1.82, 2.24) is 4.90 Å². The first-order chi connectivity index (χ1) is 11.0. The van der Waals surface area contributed by atoms with Gasteiger partial charge < -0.3 is 0 Å². The highest BCUT2D eigenvalue weighted by Gasteiger charge is 2.28. The van der Waals surface area contributed by atoms with Crippen LogP contribution in [0.5, 0.6) is 0 Å². The quantitative estimate of drug-likeness (QED) is 0.752. The topological polar surface area (TPSA) is 37.4 Å². The van der Waals surface area contributed by atoms with E-state index in [0.29, 0.717) is 5.78 Å². The summed E-state index contributed by atoms with van der Waals surface area (Å²) in [7, 11) is 0. The van der Waals surface area contributed by atoms with Crippen molar-refractivity contribution in [3.8, 4) is 0 Å².